The van der Waals surface area contributed by atoms with Gasteiger partial charge in [-0.15, -0.1) is 0 Å². The topological polar surface area (TPSA) is 35.2 Å². The van der Waals surface area contributed by atoms with Gasteiger partial charge in [0, 0.05) is 10.9 Å². The van der Waals surface area contributed by atoms with Crippen LogP contribution in [0.5, 0.6) is 0 Å². The summed E-state index contributed by atoms with van der Waals surface area (Å²) in [6.07, 6.45) is 0. The molecule has 0 bridgehead atoms. The van der Waals surface area contributed by atoms with Crippen molar-refractivity contribution < 1.29 is 4.84 Å². The van der Waals surface area contributed by atoms with Crippen LogP contribution in [0, 0.1) is 11.8 Å². The fraction of sp³-hybridized carbons (Fsp3) is 0.143. The van der Waals surface area contributed by atoms with Crippen LogP contribution in [0.3, 0.4) is 0 Å². The molecule has 0 atom stereocenters. The third-order valence-electron chi connectivity index (χ3n) is 0.909. The molecular formula is C7H7NOS. The van der Waals surface area contributed by atoms with Crippen molar-refractivity contribution in [3.63, 3.8) is 0 Å². The predicted molar refractivity (Wildman–Crippen MR) is 41.3 cm³/mol. The molecule has 0 radical (unpaired) electrons. The molecule has 1 aromatic heterocycles. The van der Waals surface area contributed by atoms with Crippen molar-refractivity contribution in [3.8, 4) is 11.8 Å². The van der Waals surface area contributed by atoms with Crippen molar-refractivity contribution in [3.05, 3.63) is 22.4 Å². The van der Waals surface area contributed by atoms with Gasteiger partial charge in [0.05, 0.1) is 0 Å². The molecule has 1 rings (SSSR count). The summed E-state index contributed by atoms with van der Waals surface area (Å²) < 4.78 is 0. The smallest absolute Gasteiger partial charge is 0.129 e. The number of nitrogens with two attached hydrogens (primary N) is 1. The quantitative estimate of drug-likeness (QED) is 0.482. The third-order valence-corrected chi connectivity index (χ3v) is 1.59. The lowest BCUT2D eigenvalue weighted by Crippen LogP contribution is -1.97. The lowest BCUT2D eigenvalue weighted by molar-refractivity contribution is 0.173. The minimum absolute atomic E-state index is 0.288. The molecule has 0 aliphatic heterocycles. The maximum atomic E-state index is 4.77. The van der Waals surface area contributed by atoms with Gasteiger partial charge in [0.15, 0.2) is 0 Å². The van der Waals surface area contributed by atoms with Gasteiger partial charge >= 0.3 is 0 Å². The zero-order valence-electron chi connectivity index (χ0n) is 5.33. The van der Waals surface area contributed by atoms with Gasteiger partial charge in [-0.1, -0.05) is 11.8 Å². The van der Waals surface area contributed by atoms with Crippen molar-refractivity contribution in [2.75, 3.05) is 6.61 Å². The first-order valence-electron chi connectivity index (χ1n) is 2.76. The summed E-state index contributed by atoms with van der Waals surface area (Å²) in [7, 11) is 0. The van der Waals surface area contributed by atoms with Gasteiger partial charge in [-0.25, -0.2) is 5.90 Å². The van der Waals surface area contributed by atoms with E-state index in [1.54, 1.807) is 11.3 Å². The van der Waals surface area contributed by atoms with Crippen LogP contribution in [0.15, 0.2) is 16.8 Å². The summed E-state index contributed by atoms with van der Waals surface area (Å²) in [5.41, 5.74) is 1.02. The average Bonchev–Trinajstić information content (AvgIpc) is 2.41. The summed E-state index contributed by atoms with van der Waals surface area (Å²) in [4.78, 5) is 4.27. The second-order valence-corrected chi connectivity index (χ2v) is 2.40. The van der Waals surface area contributed by atoms with Crippen LogP contribution in [-0.2, 0) is 4.84 Å². The molecule has 3 heteroatoms. The molecule has 0 aliphatic rings. The van der Waals surface area contributed by atoms with E-state index in [2.05, 4.69) is 16.7 Å². The third kappa shape index (κ3) is 2.19. The molecule has 0 saturated carbocycles. The van der Waals surface area contributed by atoms with Crippen molar-refractivity contribution in [1.82, 2.24) is 0 Å². The average molecular weight is 153 g/mol. The highest BCUT2D eigenvalue weighted by atomic mass is 32.1. The van der Waals surface area contributed by atoms with E-state index in [0.717, 1.165) is 5.56 Å². The largest absolute Gasteiger partial charge is 0.292 e. The monoisotopic (exact) mass is 153 g/mol. The Morgan fingerprint density at radius 2 is 2.60 bits per heavy atom. The van der Waals surface area contributed by atoms with Crippen LogP contribution < -0.4 is 5.90 Å². The van der Waals surface area contributed by atoms with E-state index in [9.17, 15) is 0 Å². The van der Waals surface area contributed by atoms with Gasteiger partial charge in [-0.2, -0.15) is 11.3 Å². The highest BCUT2D eigenvalue weighted by Crippen LogP contribution is 2.02. The van der Waals surface area contributed by atoms with Crippen molar-refractivity contribution >= 4 is 11.3 Å². The molecular weight excluding hydrogens is 146 g/mol. The standard InChI is InChI=1S/C7H7NOS/c8-9-4-1-2-7-3-5-10-6-7/h3,5-6H,4,8H2. The number of rotatable bonds is 1. The molecule has 10 heavy (non-hydrogen) atoms. The molecule has 1 aromatic rings. The Hall–Kier alpha value is -0.820. The number of hydrogen-bond donors (Lipinski definition) is 1. The van der Waals surface area contributed by atoms with Gasteiger partial charge in [-0.3, -0.25) is 4.84 Å². The maximum absolute atomic E-state index is 4.77. The minimum Gasteiger partial charge on any atom is -0.292 e. The van der Waals surface area contributed by atoms with Gasteiger partial charge < -0.3 is 0 Å². The van der Waals surface area contributed by atoms with E-state index in [4.69, 9.17) is 5.90 Å². The molecule has 0 aliphatic carbocycles. The summed E-state index contributed by atoms with van der Waals surface area (Å²) in [5, 5.41) is 3.96. The van der Waals surface area contributed by atoms with E-state index in [0.29, 0.717) is 0 Å². The maximum Gasteiger partial charge on any atom is 0.129 e. The SMILES string of the molecule is NOCC#Cc1ccsc1. The zero-order valence-corrected chi connectivity index (χ0v) is 6.15. The molecule has 0 unspecified atom stereocenters. The molecule has 0 amide bonds. The van der Waals surface area contributed by atoms with Gasteiger partial charge in [0.2, 0.25) is 0 Å². The molecule has 0 fully saturated rings. The van der Waals surface area contributed by atoms with E-state index < -0.39 is 0 Å². The normalized spacial score (nSPS) is 8.50. The fourth-order valence-corrected chi connectivity index (χ4v) is 1.10. The molecule has 0 spiro atoms. The van der Waals surface area contributed by atoms with Crippen molar-refractivity contribution in [1.29, 1.82) is 0 Å². The summed E-state index contributed by atoms with van der Waals surface area (Å²) in [5.74, 6) is 10.4. The van der Waals surface area contributed by atoms with Crippen LogP contribution in [0.4, 0.5) is 0 Å². The fourth-order valence-electron chi connectivity index (χ4n) is 0.515. The predicted octanol–water partition coefficient (Wildman–Crippen LogP) is 0.990. The van der Waals surface area contributed by atoms with Gasteiger partial charge in [0.25, 0.3) is 0 Å². The molecule has 52 valence electrons. The molecule has 2 nitrogen and oxygen atoms in total. The van der Waals surface area contributed by atoms with Gasteiger partial charge in [0.1, 0.15) is 6.61 Å². The Morgan fingerprint density at radius 1 is 1.70 bits per heavy atom. The Balaban J connectivity index is 2.49. The Morgan fingerprint density at radius 3 is 3.20 bits per heavy atom. The van der Waals surface area contributed by atoms with Crippen LogP contribution >= 0.6 is 11.3 Å². The number of thiophene rings is 1. The first-order valence-corrected chi connectivity index (χ1v) is 3.70. The molecule has 0 saturated heterocycles. The summed E-state index contributed by atoms with van der Waals surface area (Å²) in [6.45, 7) is 0.288. The van der Waals surface area contributed by atoms with Crippen molar-refractivity contribution in [2.45, 2.75) is 0 Å². The van der Waals surface area contributed by atoms with Crippen molar-refractivity contribution in [2.24, 2.45) is 5.90 Å². The highest BCUT2D eigenvalue weighted by Gasteiger charge is 1.81. The van der Waals surface area contributed by atoms with E-state index in [1.807, 2.05) is 16.8 Å². The molecule has 2 N–H and O–H groups in total. The molecule has 1 heterocycles. The molecule has 0 aromatic carbocycles. The Labute approximate surface area is 63.6 Å². The van der Waals surface area contributed by atoms with Crippen LogP contribution in [0.25, 0.3) is 0 Å². The Kier molecular flexibility index (Phi) is 2.97. The second-order valence-electron chi connectivity index (χ2n) is 1.62. The lowest BCUT2D eigenvalue weighted by atomic mass is 10.3. The van der Waals surface area contributed by atoms with Crippen LogP contribution in [0.2, 0.25) is 0 Å². The second kappa shape index (κ2) is 4.07. The van der Waals surface area contributed by atoms with E-state index in [1.165, 1.54) is 0 Å². The lowest BCUT2D eigenvalue weighted by Gasteiger charge is -1.80. The van der Waals surface area contributed by atoms with Crippen LogP contribution in [-0.4, -0.2) is 6.61 Å². The van der Waals surface area contributed by atoms with Crippen LogP contribution in [0.1, 0.15) is 5.56 Å². The minimum atomic E-state index is 0.288. The van der Waals surface area contributed by atoms with E-state index >= 15 is 0 Å². The first kappa shape index (κ1) is 7.29. The van der Waals surface area contributed by atoms with E-state index in [-0.39, 0.29) is 6.61 Å². The zero-order chi connectivity index (χ0) is 7.23. The summed E-state index contributed by atoms with van der Waals surface area (Å²) in [6, 6.07) is 1.95. The summed E-state index contributed by atoms with van der Waals surface area (Å²) >= 11 is 1.62. The highest BCUT2D eigenvalue weighted by molar-refractivity contribution is 7.08. The van der Waals surface area contributed by atoms with Gasteiger partial charge in [-0.05, 0) is 11.4 Å². The first-order chi connectivity index (χ1) is 4.93. The number of hydrogen-bond acceptors (Lipinski definition) is 3. The Bertz CT molecular complexity index is 232.